The van der Waals surface area contributed by atoms with E-state index in [9.17, 15) is 0 Å². The number of nitrogen functional groups attached to an aromatic ring is 1. The van der Waals surface area contributed by atoms with Gasteiger partial charge in [-0.05, 0) is 11.6 Å². The van der Waals surface area contributed by atoms with E-state index in [1.165, 1.54) is 6.20 Å². The van der Waals surface area contributed by atoms with Crippen molar-refractivity contribution in [1.29, 1.82) is 0 Å². The third-order valence-electron chi connectivity index (χ3n) is 2.31. The summed E-state index contributed by atoms with van der Waals surface area (Å²) in [5, 5.41) is 4.29. The molecule has 0 aliphatic carbocycles. The highest BCUT2D eigenvalue weighted by Gasteiger charge is 2.10. The third-order valence-corrected chi connectivity index (χ3v) is 2.49. The van der Waals surface area contributed by atoms with Gasteiger partial charge < -0.3 is 10.6 Å². The van der Waals surface area contributed by atoms with Gasteiger partial charge in [0, 0.05) is 32.4 Å². The molecule has 7 heteroatoms. The smallest absolute Gasteiger partial charge is 0.224 e. The summed E-state index contributed by atoms with van der Waals surface area (Å²) in [6, 6.07) is 0. The molecular weight excluding hydrogens is 240 g/mol. The summed E-state index contributed by atoms with van der Waals surface area (Å²) < 4.78 is 1.75. The van der Waals surface area contributed by atoms with Crippen LogP contribution < -0.4 is 10.6 Å². The van der Waals surface area contributed by atoms with Gasteiger partial charge in [-0.3, -0.25) is 4.68 Å². The quantitative estimate of drug-likeness (QED) is 0.828. The fourth-order valence-electron chi connectivity index (χ4n) is 1.57. The van der Waals surface area contributed by atoms with Crippen LogP contribution in [0.4, 0.5) is 11.5 Å². The Morgan fingerprint density at radius 1 is 1.47 bits per heavy atom. The monoisotopic (exact) mass is 252 g/mol. The standard InChI is InChI=1S/C10H13ClN6/c1-16(5-7-3-14-17(2)6-7)9-8(12)4-13-10(11)15-9/h3-4,6H,5,12H2,1-2H3. The maximum atomic E-state index is 5.80. The van der Waals surface area contributed by atoms with E-state index in [2.05, 4.69) is 15.1 Å². The average Bonchev–Trinajstić information content (AvgIpc) is 2.67. The Labute approximate surface area is 104 Å². The summed E-state index contributed by atoms with van der Waals surface area (Å²) in [5.74, 6) is 0.619. The van der Waals surface area contributed by atoms with E-state index in [4.69, 9.17) is 17.3 Å². The first kappa shape index (κ1) is 11.7. The molecule has 0 aromatic carbocycles. The Kier molecular flexibility index (Phi) is 3.14. The number of nitrogens with zero attached hydrogens (tertiary/aromatic N) is 5. The number of rotatable bonds is 3. The second-order valence-electron chi connectivity index (χ2n) is 3.80. The van der Waals surface area contributed by atoms with Gasteiger partial charge in [-0.15, -0.1) is 0 Å². The Balaban J connectivity index is 2.19. The van der Waals surface area contributed by atoms with Crippen molar-refractivity contribution in [2.75, 3.05) is 17.7 Å². The molecule has 2 N–H and O–H groups in total. The number of nitrogens with two attached hydrogens (primary N) is 1. The zero-order valence-corrected chi connectivity index (χ0v) is 10.4. The highest BCUT2D eigenvalue weighted by atomic mass is 35.5. The van der Waals surface area contributed by atoms with Crippen molar-refractivity contribution in [2.45, 2.75) is 6.54 Å². The summed E-state index contributed by atoms with van der Waals surface area (Å²) in [6.07, 6.45) is 5.25. The maximum absolute atomic E-state index is 5.80. The lowest BCUT2D eigenvalue weighted by molar-refractivity contribution is 0.766. The average molecular weight is 253 g/mol. The molecule has 6 nitrogen and oxygen atoms in total. The number of anilines is 2. The highest BCUT2D eigenvalue weighted by molar-refractivity contribution is 6.28. The third kappa shape index (κ3) is 2.65. The van der Waals surface area contributed by atoms with Gasteiger partial charge in [0.2, 0.25) is 5.28 Å². The molecule has 0 saturated carbocycles. The van der Waals surface area contributed by atoms with Crippen molar-refractivity contribution in [1.82, 2.24) is 19.7 Å². The molecule has 2 rings (SSSR count). The van der Waals surface area contributed by atoms with Crippen LogP contribution >= 0.6 is 11.6 Å². The SMILES string of the molecule is CN(Cc1cnn(C)c1)c1nc(Cl)ncc1N. The highest BCUT2D eigenvalue weighted by Crippen LogP contribution is 2.21. The normalized spacial score (nSPS) is 10.5. The number of aryl methyl sites for hydroxylation is 1. The summed E-state index contributed by atoms with van der Waals surface area (Å²) in [5.41, 5.74) is 7.38. The summed E-state index contributed by atoms with van der Waals surface area (Å²) >= 11 is 5.75. The van der Waals surface area contributed by atoms with Gasteiger partial charge in [0.1, 0.15) is 0 Å². The molecule has 90 valence electrons. The van der Waals surface area contributed by atoms with Gasteiger partial charge in [0.15, 0.2) is 5.82 Å². The van der Waals surface area contributed by atoms with Gasteiger partial charge in [-0.25, -0.2) is 4.98 Å². The predicted octanol–water partition coefficient (Wildman–Crippen LogP) is 1.08. The van der Waals surface area contributed by atoms with Crippen molar-refractivity contribution >= 4 is 23.1 Å². The van der Waals surface area contributed by atoms with E-state index in [1.807, 2.05) is 25.2 Å². The first-order valence-corrected chi connectivity index (χ1v) is 5.40. The van der Waals surface area contributed by atoms with Gasteiger partial charge in [0.25, 0.3) is 0 Å². The van der Waals surface area contributed by atoms with E-state index in [1.54, 1.807) is 10.9 Å². The second kappa shape index (κ2) is 4.58. The van der Waals surface area contributed by atoms with Gasteiger partial charge in [-0.1, -0.05) is 0 Å². The van der Waals surface area contributed by atoms with Crippen LogP contribution in [0.2, 0.25) is 5.28 Å². The van der Waals surface area contributed by atoms with Gasteiger partial charge in [0.05, 0.1) is 18.1 Å². The molecule has 0 aliphatic heterocycles. The molecule has 0 spiro atoms. The van der Waals surface area contributed by atoms with E-state index in [0.29, 0.717) is 18.1 Å². The van der Waals surface area contributed by atoms with Crippen LogP contribution in [-0.2, 0) is 13.6 Å². The Bertz CT molecular complexity index is 523. The summed E-state index contributed by atoms with van der Waals surface area (Å²) in [7, 11) is 3.77. The van der Waals surface area contributed by atoms with Gasteiger partial charge in [-0.2, -0.15) is 10.1 Å². The molecule has 2 aromatic heterocycles. The van der Waals surface area contributed by atoms with Crippen LogP contribution in [0.25, 0.3) is 0 Å². The zero-order valence-electron chi connectivity index (χ0n) is 9.63. The van der Waals surface area contributed by atoms with E-state index < -0.39 is 0 Å². The minimum atomic E-state index is 0.187. The second-order valence-corrected chi connectivity index (χ2v) is 4.13. The van der Waals surface area contributed by atoms with E-state index in [-0.39, 0.29) is 5.28 Å². The lowest BCUT2D eigenvalue weighted by Gasteiger charge is -2.18. The molecule has 2 heterocycles. The minimum absolute atomic E-state index is 0.187. The molecule has 2 aromatic rings. The first-order chi connectivity index (χ1) is 8.06. The number of hydrogen-bond acceptors (Lipinski definition) is 5. The fourth-order valence-corrected chi connectivity index (χ4v) is 1.70. The largest absolute Gasteiger partial charge is 0.394 e. The van der Waals surface area contributed by atoms with Crippen molar-refractivity contribution in [3.63, 3.8) is 0 Å². The predicted molar refractivity (Wildman–Crippen MR) is 66.8 cm³/mol. The van der Waals surface area contributed by atoms with Crippen molar-refractivity contribution in [3.05, 3.63) is 29.4 Å². The molecular formula is C10H13ClN6. The molecule has 17 heavy (non-hydrogen) atoms. The number of halogens is 1. The maximum Gasteiger partial charge on any atom is 0.224 e. The fraction of sp³-hybridized carbons (Fsp3) is 0.300. The Morgan fingerprint density at radius 2 is 2.24 bits per heavy atom. The van der Waals surface area contributed by atoms with E-state index in [0.717, 1.165) is 5.56 Å². The van der Waals surface area contributed by atoms with E-state index >= 15 is 0 Å². The van der Waals surface area contributed by atoms with Crippen molar-refractivity contribution in [2.24, 2.45) is 7.05 Å². The summed E-state index contributed by atoms with van der Waals surface area (Å²) in [6.45, 7) is 0.658. The molecule has 0 bridgehead atoms. The molecule has 0 aliphatic rings. The van der Waals surface area contributed by atoms with Crippen molar-refractivity contribution < 1.29 is 0 Å². The van der Waals surface area contributed by atoms with Crippen LogP contribution in [0.5, 0.6) is 0 Å². The molecule has 0 atom stereocenters. The first-order valence-electron chi connectivity index (χ1n) is 5.03. The molecule has 0 amide bonds. The van der Waals surface area contributed by atoms with Gasteiger partial charge >= 0.3 is 0 Å². The summed E-state index contributed by atoms with van der Waals surface area (Å²) in [4.78, 5) is 9.83. The van der Waals surface area contributed by atoms with Crippen LogP contribution in [0, 0.1) is 0 Å². The Hall–Kier alpha value is -1.82. The van der Waals surface area contributed by atoms with Crippen LogP contribution in [0.15, 0.2) is 18.6 Å². The Morgan fingerprint density at radius 3 is 2.88 bits per heavy atom. The van der Waals surface area contributed by atoms with Crippen molar-refractivity contribution in [3.8, 4) is 0 Å². The molecule has 0 fully saturated rings. The minimum Gasteiger partial charge on any atom is -0.394 e. The van der Waals surface area contributed by atoms with Crippen LogP contribution in [-0.4, -0.2) is 26.8 Å². The zero-order chi connectivity index (χ0) is 12.4. The van der Waals surface area contributed by atoms with Crippen LogP contribution in [0.1, 0.15) is 5.56 Å². The molecule has 0 unspecified atom stereocenters. The topological polar surface area (TPSA) is 72.9 Å². The molecule has 0 radical (unpaired) electrons. The lowest BCUT2D eigenvalue weighted by Crippen LogP contribution is -2.19. The lowest BCUT2D eigenvalue weighted by atomic mass is 10.3. The number of aromatic nitrogens is 4. The molecule has 0 saturated heterocycles. The number of hydrogen-bond donors (Lipinski definition) is 1. The van der Waals surface area contributed by atoms with Crippen LogP contribution in [0.3, 0.4) is 0 Å².